The van der Waals surface area contributed by atoms with Crippen molar-refractivity contribution in [2.24, 2.45) is 0 Å². The van der Waals surface area contributed by atoms with Crippen molar-refractivity contribution in [3.63, 3.8) is 0 Å². The van der Waals surface area contributed by atoms with Gasteiger partial charge < -0.3 is 20.1 Å². The second-order valence-electron chi connectivity index (χ2n) is 4.12. The van der Waals surface area contributed by atoms with Gasteiger partial charge in [0.1, 0.15) is 0 Å². The van der Waals surface area contributed by atoms with Crippen molar-refractivity contribution in [2.45, 2.75) is 6.42 Å². The van der Waals surface area contributed by atoms with E-state index in [0.29, 0.717) is 19.7 Å². The fraction of sp³-hybridized carbons (Fsp3) is 0.500. The van der Waals surface area contributed by atoms with Gasteiger partial charge >= 0.3 is 0 Å². The van der Waals surface area contributed by atoms with Crippen LogP contribution in [0.2, 0.25) is 0 Å². The summed E-state index contributed by atoms with van der Waals surface area (Å²) in [5.74, 6) is -0.369. The second kappa shape index (κ2) is 10.2. The lowest BCUT2D eigenvalue weighted by molar-refractivity contribution is -0.121. The Morgan fingerprint density at radius 1 is 1.20 bits per heavy atom. The van der Waals surface area contributed by atoms with Gasteiger partial charge in [0.2, 0.25) is 5.91 Å². The first-order valence-corrected chi connectivity index (χ1v) is 6.57. The van der Waals surface area contributed by atoms with Crippen LogP contribution in [0.5, 0.6) is 5.75 Å². The van der Waals surface area contributed by atoms with Gasteiger partial charge in [-0.2, -0.15) is 0 Å². The molecule has 1 aromatic rings. The Morgan fingerprint density at radius 3 is 2.75 bits per heavy atom. The molecule has 2 N–H and O–H groups in total. The van der Waals surface area contributed by atoms with E-state index in [1.807, 2.05) is 0 Å². The SMILES string of the molecule is COCCNCCNC(=O)CCOc1ccccc1F. The van der Waals surface area contributed by atoms with Crippen LogP contribution in [0.3, 0.4) is 0 Å². The van der Waals surface area contributed by atoms with Gasteiger partial charge in [0.05, 0.1) is 19.6 Å². The maximum atomic E-state index is 13.2. The summed E-state index contributed by atoms with van der Waals surface area (Å²) in [6.45, 7) is 2.78. The van der Waals surface area contributed by atoms with Crippen LogP contribution >= 0.6 is 0 Å². The van der Waals surface area contributed by atoms with Crippen molar-refractivity contribution in [3.8, 4) is 5.75 Å². The molecule has 112 valence electrons. The van der Waals surface area contributed by atoms with Gasteiger partial charge in [-0.25, -0.2) is 4.39 Å². The van der Waals surface area contributed by atoms with Gasteiger partial charge in [0.15, 0.2) is 11.6 Å². The topological polar surface area (TPSA) is 59.6 Å². The molecule has 0 spiro atoms. The predicted molar refractivity (Wildman–Crippen MR) is 74.3 cm³/mol. The molecule has 1 amide bonds. The van der Waals surface area contributed by atoms with Gasteiger partial charge in [-0.1, -0.05) is 12.1 Å². The molecule has 0 radical (unpaired) electrons. The third kappa shape index (κ3) is 7.06. The van der Waals surface area contributed by atoms with E-state index in [2.05, 4.69) is 10.6 Å². The lowest BCUT2D eigenvalue weighted by Gasteiger charge is -2.08. The molecule has 0 saturated carbocycles. The van der Waals surface area contributed by atoms with Gasteiger partial charge in [-0.05, 0) is 12.1 Å². The summed E-state index contributed by atoms with van der Waals surface area (Å²) in [5.41, 5.74) is 0. The van der Waals surface area contributed by atoms with Crippen molar-refractivity contribution in [1.29, 1.82) is 0 Å². The highest BCUT2D eigenvalue weighted by Gasteiger charge is 2.04. The average molecular weight is 284 g/mol. The lowest BCUT2D eigenvalue weighted by atomic mass is 10.3. The van der Waals surface area contributed by atoms with Crippen LogP contribution in [0.25, 0.3) is 0 Å². The van der Waals surface area contributed by atoms with E-state index in [1.165, 1.54) is 12.1 Å². The smallest absolute Gasteiger partial charge is 0.223 e. The van der Waals surface area contributed by atoms with E-state index >= 15 is 0 Å². The molecule has 0 aliphatic rings. The normalized spacial score (nSPS) is 10.3. The van der Waals surface area contributed by atoms with Crippen LogP contribution in [0, 0.1) is 5.82 Å². The minimum atomic E-state index is -0.421. The molecule has 0 bridgehead atoms. The van der Waals surface area contributed by atoms with Gasteiger partial charge in [0, 0.05) is 26.7 Å². The number of amides is 1. The minimum absolute atomic E-state index is 0.116. The molecule has 0 unspecified atom stereocenters. The molecular weight excluding hydrogens is 263 g/mol. The Morgan fingerprint density at radius 2 is 2.00 bits per heavy atom. The highest BCUT2D eigenvalue weighted by atomic mass is 19.1. The zero-order valence-electron chi connectivity index (χ0n) is 11.7. The molecule has 0 saturated heterocycles. The Bertz CT molecular complexity index is 402. The maximum Gasteiger partial charge on any atom is 0.223 e. The first-order chi connectivity index (χ1) is 9.74. The van der Waals surface area contributed by atoms with Crippen molar-refractivity contribution in [3.05, 3.63) is 30.1 Å². The van der Waals surface area contributed by atoms with Crippen LogP contribution in [-0.2, 0) is 9.53 Å². The van der Waals surface area contributed by atoms with Crippen molar-refractivity contribution in [2.75, 3.05) is 40.0 Å². The number of methoxy groups -OCH3 is 1. The lowest BCUT2D eigenvalue weighted by Crippen LogP contribution is -2.33. The van der Waals surface area contributed by atoms with Gasteiger partial charge in [0.25, 0.3) is 0 Å². The summed E-state index contributed by atoms with van der Waals surface area (Å²) in [4.78, 5) is 11.5. The molecule has 0 aromatic heterocycles. The molecule has 5 nitrogen and oxygen atoms in total. The predicted octanol–water partition coefficient (Wildman–Crippen LogP) is 0.947. The summed E-state index contributed by atoms with van der Waals surface area (Å²) in [5, 5.41) is 5.85. The van der Waals surface area contributed by atoms with E-state index in [9.17, 15) is 9.18 Å². The number of ether oxygens (including phenoxy) is 2. The van der Waals surface area contributed by atoms with Crippen molar-refractivity contribution < 1.29 is 18.7 Å². The van der Waals surface area contributed by atoms with E-state index in [-0.39, 0.29) is 24.7 Å². The molecule has 20 heavy (non-hydrogen) atoms. The molecule has 0 fully saturated rings. The number of rotatable bonds is 10. The molecule has 0 aliphatic heterocycles. The number of hydrogen-bond acceptors (Lipinski definition) is 4. The number of para-hydroxylation sites is 1. The second-order valence-corrected chi connectivity index (χ2v) is 4.12. The summed E-state index contributed by atoms with van der Waals surface area (Å²) >= 11 is 0. The van der Waals surface area contributed by atoms with E-state index in [1.54, 1.807) is 19.2 Å². The van der Waals surface area contributed by atoms with Crippen LogP contribution in [0.4, 0.5) is 4.39 Å². The molecule has 0 aliphatic carbocycles. The van der Waals surface area contributed by atoms with Crippen LogP contribution in [0.1, 0.15) is 6.42 Å². The molecule has 1 rings (SSSR count). The molecule has 0 atom stereocenters. The summed E-state index contributed by atoms with van der Waals surface area (Å²) in [6.07, 6.45) is 0.201. The molecular formula is C14H21FN2O3. The molecule has 1 aromatic carbocycles. The Hall–Kier alpha value is -1.66. The Kier molecular flexibility index (Phi) is 8.33. The van der Waals surface area contributed by atoms with Gasteiger partial charge in [-0.15, -0.1) is 0 Å². The quantitative estimate of drug-likeness (QED) is 0.628. The number of nitrogens with one attached hydrogen (secondary N) is 2. The average Bonchev–Trinajstić information content (AvgIpc) is 2.45. The van der Waals surface area contributed by atoms with E-state index in [4.69, 9.17) is 9.47 Å². The fourth-order valence-electron chi connectivity index (χ4n) is 1.49. The minimum Gasteiger partial charge on any atom is -0.490 e. The number of carbonyl (C=O) groups is 1. The standard InChI is InChI=1S/C14H21FN2O3/c1-19-11-9-16-7-8-17-14(18)6-10-20-13-5-3-2-4-12(13)15/h2-5,16H,6-11H2,1H3,(H,17,18). The number of benzene rings is 1. The number of hydrogen-bond donors (Lipinski definition) is 2. The number of carbonyl (C=O) groups excluding carboxylic acids is 1. The summed E-state index contributed by atoms with van der Waals surface area (Å²) < 4.78 is 23.3. The molecule has 0 heterocycles. The van der Waals surface area contributed by atoms with E-state index in [0.717, 1.165) is 6.54 Å². The first kappa shape index (κ1) is 16.4. The summed E-state index contributed by atoms with van der Waals surface area (Å²) in [7, 11) is 1.64. The van der Waals surface area contributed by atoms with Crippen molar-refractivity contribution >= 4 is 5.91 Å². The zero-order valence-corrected chi connectivity index (χ0v) is 11.7. The molecule has 6 heteroatoms. The van der Waals surface area contributed by atoms with Crippen LogP contribution in [0.15, 0.2) is 24.3 Å². The number of halogens is 1. The zero-order chi connectivity index (χ0) is 14.6. The fourth-order valence-corrected chi connectivity index (χ4v) is 1.49. The van der Waals surface area contributed by atoms with Crippen LogP contribution < -0.4 is 15.4 Å². The third-order valence-corrected chi connectivity index (χ3v) is 2.53. The Labute approximate surface area is 118 Å². The van der Waals surface area contributed by atoms with Gasteiger partial charge in [-0.3, -0.25) is 4.79 Å². The Balaban J connectivity index is 2.04. The monoisotopic (exact) mass is 284 g/mol. The maximum absolute atomic E-state index is 13.2. The van der Waals surface area contributed by atoms with Crippen LogP contribution in [-0.4, -0.2) is 45.9 Å². The van der Waals surface area contributed by atoms with Crippen molar-refractivity contribution in [1.82, 2.24) is 10.6 Å². The largest absolute Gasteiger partial charge is 0.490 e. The highest BCUT2D eigenvalue weighted by molar-refractivity contribution is 5.75. The summed E-state index contributed by atoms with van der Waals surface area (Å²) in [6, 6.07) is 6.13. The van der Waals surface area contributed by atoms with E-state index < -0.39 is 5.82 Å². The first-order valence-electron chi connectivity index (χ1n) is 6.57. The third-order valence-electron chi connectivity index (χ3n) is 2.53. The highest BCUT2D eigenvalue weighted by Crippen LogP contribution is 2.15.